The van der Waals surface area contributed by atoms with Crippen molar-refractivity contribution < 1.29 is 13.2 Å². The standard InChI is InChI=1S/C18H18F3N/c1-11(2)15-8-4-6-13-10-16(22-17(13)15)12-5-3-7-14(9-12)18(19,20)21/h3-9,11,16,22H,10H2,1-2H3. The molecule has 3 rings (SSSR count). The summed E-state index contributed by atoms with van der Waals surface area (Å²) in [5.41, 5.74) is 3.56. The smallest absolute Gasteiger partial charge is 0.377 e. The van der Waals surface area contributed by atoms with E-state index in [-0.39, 0.29) is 6.04 Å². The highest BCUT2D eigenvalue weighted by Crippen LogP contribution is 2.40. The number of halogens is 3. The van der Waals surface area contributed by atoms with Gasteiger partial charge in [-0.25, -0.2) is 0 Å². The minimum Gasteiger partial charge on any atom is -0.377 e. The van der Waals surface area contributed by atoms with Crippen molar-refractivity contribution in [3.63, 3.8) is 0 Å². The van der Waals surface area contributed by atoms with Crippen LogP contribution >= 0.6 is 0 Å². The molecule has 0 aromatic heterocycles. The molecule has 1 N–H and O–H groups in total. The molecule has 0 amide bonds. The van der Waals surface area contributed by atoms with Gasteiger partial charge in [-0.3, -0.25) is 0 Å². The summed E-state index contributed by atoms with van der Waals surface area (Å²) in [5, 5.41) is 3.41. The zero-order valence-corrected chi connectivity index (χ0v) is 12.5. The number of alkyl halides is 3. The molecule has 1 unspecified atom stereocenters. The first-order valence-corrected chi connectivity index (χ1v) is 7.41. The molecule has 1 aliphatic heterocycles. The van der Waals surface area contributed by atoms with E-state index in [0.717, 1.165) is 18.2 Å². The van der Waals surface area contributed by atoms with Gasteiger partial charge in [0.25, 0.3) is 0 Å². The number of para-hydroxylation sites is 1. The van der Waals surface area contributed by atoms with Crippen molar-refractivity contribution in [2.24, 2.45) is 0 Å². The molecule has 116 valence electrons. The molecule has 0 saturated carbocycles. The zero-order chi connectivity index (χ0) is 15.9. The maximum atomic E-state index is 12.9. The van der Waals surface area contributed by atoms with Crippen molar-refractivity contribution in [1.82, 2.24) is 0 Å². The highest BCUT2D eigenvalue weighted by molar-refractivity contribution is 5.64. The molecule has 1 nitrogen and oxygen atoms in total. The van der Waals surface area contributed by atoms with Crippen LogP contribution in [0.5, 0.6) is 0 Å². The van der Waals surface area contributed by atoms with Crippen LogP contribution in [-0.4, -0.2) is 0 Å². The first-order chi connectivity index (χ1) is 10.4. The summed E-state index contributed by atoms with van der Waals surface area (Å²) in [6, 6.07) is 11.6. The fourth-order valence-electron chi connectivity index (χ4n) is 3.03. The molecule has 4 heteroatoms. The van der Waals surface area contributed by atoms with Gasteiger partial charge < -0.3 is 5.32 Å². The number of benzene rings is 2. The van der Waals surface area contributed by atoms with E-state index < -0.39 is 11.7 Å². The number of fused-ring (bicyclic) bond motifs is 1. The maximum absolute atomic E-state index is 12.9. The van der Waals surface area contributed by atoms with Crippen molar-refractivity contribution >= 4 is 5.69 Å². The Balaban J connectivity index is 1.92. The van der Waals surface area contributed by atoms with Crippen LogP contribution < -0.4 is 5.32 Å². The van der Waals surface area contributed by atoms with Gasteiger partial charge in [0.1, 0.15) is 0 Å². The minimum absolute atomic E-state index is 0.0998. The second kappa shape index (κ2) is 5.34. The highest BCUT2D eigenvalue weighted by atomic mass is 19.4. The van der Waals surface area contributed by atoms with E-state index in [2.05, 4.69) is 25.2 Å². The summed E-state index contributed by atoms with van der Waals surface area (Å²) in [4.78, 5) is 0. The lowest BCUT2D eigenvalue weighted by molar-refractivity contribution is -0.137. The molecule has 0 saturated heterocycles. The van der Waals surface area contributed by atoms with Gasteiger partial charge in [0.2, 0.25) is 0 Å². The predicted molar refractivity (Wildman–Crippen MR) is 82.0 cm³/mol. The van der Waals surface area contributed by atoms with Gasteiger partial charge >= 0.3 is 6.18 Å². The molecular formula is C18H18F3N. The van der Waals surface area contributed by atoms with Crippen molar-refractivity contribution in [2.75, 3.05) is 5.32 Å². The molecule has 22 heavy (non-hydrogen) atoms. The number of anilines is 1. The molecular weight excluding hydrogens is 287 g/mol. The highest BCUT2D eigenvalue weighted by Gasteiger charge is 2.32. The molecule has 2 aromatic carbocycles. The van der Waals surface area contributed by atoms with Crippen molar-refractivity contribution in [3.8, 4) is 0 Å². The number of nitrogens with one attached hydrogen (secondary N) is 1. The average molecular weight is 305 g/mol. The van der Waals surface area contributed by atoms with Gasteiger partial charge in [0.05, 0.1) is 11.6 Å². The lowest BCUT2D eigenvalue weighted by atomic mass is 9.97. The third-order valence-electron chi connectivity index (χ3n) is 4.16. The number of rotatable bonds is 2. The Morgan fingerprint density at radius 2 is 1.82 bits per heavy atom. The fraction of sp³-hybridized carbons (Fsp3) is 0.333. The van der Waals surface area contributed by atoms with Gasteiger partial charge in [0.15, 0.2) is 0 Å². The molecule has 0 bridgehead atoms. The van der Waals surface area contributed by atoms with Crippen LogP contribution in [0.25, 0.3) is 0 Å². The van der Waals surface area contributed by atoms with Gasteiger partial charge in [-0.2, -0.15) is 13.2 Å². The van der Waals surface area contributed by atoms with Gasteiger partial charge in [-0.05, 0) is 41.2 Å². The third-order valence-corrected chi connectivity index (χ3v) is 4.16. The van der Waals surface area contributed by atoms with E-state index in [4.69, 9.17) is 0 Å². The lowest BCUT2D eigenvalue weighted by Gasteiger charge is -2.16. The molecule has 1 heterocycles. The first kappa shape index (κ1) is 14.9. The summed E-state index contributed by atoms with van der Waals surface area (Å²) in [6.07, 6.45) is -3.58. The molecule has 1 aliphatic rings. The van der Waals surface area contributed by atoms with E-state index in [9.17, 15) is 13.2 Å². The van der Waals surface area contributed by atoms with Crippen LogP contribution in [-0.2, 0) is 12.6 Å². The van der Waals surface area contributed by atoms with E-state index >= 15 is 0 Å². The van der Waals surface area contributed by atoms with Gasteiger partial charge in [-0.1, -0.05) is 44.2 Å². The van der Waals surface area contributed by atoms with E-state index in [1.807, 2.05) is 12.1 Å². The Bertz CT molecular complexity index is 689. The largest absolute Gasteiger partial charge is 0.416 e. The van der Waals surface area contributed by atoms with E-state index in [1.165, 1.54) is 23.3 Å². The molecule has 0 fully saturated rings. The van der Waals surface area contributed by atoms with Crippen molar-refractivity contribution in [1.29, 1.82) is 0 Å². The van der Waals surface area contributed by atoms with Crippen LogP contribution in [0.1, 0.15) is 48.1 Å². The average Bonchev–Trinajstić information content (AvgIpc) is 2.90. The predicted octanol–water partition coefficient (Wildman–Crippen LogP) is 5.54. The van der Waals surface area contributed by atoms with E-state index in [1.54, 1.807) is 6.07 Å². The summed E-state index contributed by atoms with van der Waals surface area (Å²) >= 11 is 0. The normalized spacial score (nSPS) is 17.5. The Morgan fingerprint density at radius 3 is 2.50 bits per heavy atom. The van der Waals surface area contributed by atoms with Crippen molar-refractivity contribution in [3.05, 3.63) is 64.7 Å². The fourth-order valence-corrected chi connectivity index (χ4v) is 3.03. The molecule has 0 spiro atoms. The van der Waals surface area contributed by atoms with Gasteiger partial charge in [-0.15, -0.1) is 0 Å². The van der Waals surface area contributed by atoms with E-state index in [0.29, 0.717) is 11.5 Å². The minimum atomic E-state index is -4.30. The van der Waals surface area contributed by atoms with Crippen LogP contribution in [0, 0.1) is 0 Å². The summed E-state index contributed by atoms with van der Waals surface area (Å²) < 4.78 is 38.6. The Labute approximate surface area is 128 Å². The second-order valence-corrected chi connectivity index (χ2v) is 6.06. The molecule has 0 radical (unpaired) electrons. The molecule has 1 atom stereocenters. The van der Waals surface area contributed by atoms with Crippen LogP contribution in [0.3, 0.4) is 0 Å². The van der Waals surface area contributed by atoms with Crippen LogP contribution in [0.4, 0.5) is 18.9 Å². The lowest BCUT2D eigenvalue weighted by Crippen LogP contribution is -2.10. The Morgan fingerprint density at radius 1 is 1.09 bits per heavy atom. The topological polar surface area (TPSA) is 12.0 Å². The third kappa shape index (κ3) is 2.70. The second-order valence-electron chi connectivity index (χ2n) is 6.06. The summed E-state index contributed by atoms with van der Waals surface area (Å²) in [5.74, 6) is 0.378. The molecule has 2 aromatic rings. The van der Waals surface area contributed by atoms with Crippen molar-refractivity contribution in [2.45, 2.75) is 38.4 Å². The van der Waals surface area contributed by atoms with Crippen LogP contribution in [0.2, 0.25) is 0 Å². The Hall–Kier alpha value is -1.97. The maximum Gasteiger partial charge on any atom is 0.416 e. The SMILES string of the molecule is CC(C)c1cccc2c1NC(c1cccc(C(F)(F)F)c1)C2. The number of hydrogen-bond donors (Lipinski definition) is 1. The zero-order valence-electron chi connectivity index (χ0n) is 12.5. The van der Waals surface area contributed by atoms with Gasteiger partial charge in [0, 0.05) is 5.69 Å². The monoisotopic (exact) mass is 305 g/mol. The summed E-state index contributed by atoms with van der Waals surface area (Å²) in [6.45, 7) is 4.24. The molecule has 0 aliphatic carbocycles. The quantitative estimate of drug-likeness (QED) is 0.768. The first-order valence-electron chi connectivity index (χ1n) is 7.41. The summed E-state index contributed by atoms with van der Waals surface area (Å²) in [7, 11) is 0. The number of hydrogen-bond acceptors (Lipinski definition) is 1. The Kier molecular flexibility index (Phi) is 3.63. The van der Waals surface area contributed by atoms with Crippen LogP contribution in [0.15, 0.2) is 42.5 Å².